The summed E-state index contributed by atoms with van der Waals surface area (Å²) < 4.78 is 38.0. The Labute approximate surface area is 219 Å². The van der Waals surface area contributed by atoms with Gasteiger partial charge in [0, 0.05) is 0 Å². The zero-order valence-corrected chi connectivity index (χ0v) is 22.3. The molecule has 0 saturated carbocycles. The Bertz CT molecular complexity index is 655. The molecule has 0 aromatic heterocycles. The topological polar surface area (TPSA) is 64.6 Å². The fourth-order valence-electron chi connectivity index (χ4n) is 2.58. The molecule has 0 heterocycles. The van der Waals surface area contributed by atoms with E-state index in [0.29, 0.717) is 39.6 Å². The first-order valence-electron chi connectivity index (χ1n) is 11.6. The van der Waals surface area contributed by atoms with Crippen LogP contribution in [0, 0.1) is 67.1 Å². The van der Waals surface area contributed by atoms with Gasteiger partial charge in [0.25, 0.3) is 0 Å². The summed E-state index contributed by atoms with van der Waals surface area (Å²) in [7, 11) is 0. The average Bonchev–Trinajstić information content (AvgIpc) is 2.83. The first kappa shape index (κ1) is 35.7. The normalized spacial score (nSPS) is 10.6. The second kappa shape index (κ2) is 25.6. The van der Waals surface area contributed by atoms with E-state index in [2.05, 4.69) is 29.6 Å². The molecule has 0 rings (SSSR count). The van der Waals surface area contributed by atoms with Crippen molar-refractivity contribution in [3.05, 3.63) is 0 Å². The number of terminal acetylenes is 5. The molecule has 36 heavy (non-hydrogen) atoms. The van der Waals surface area contributed by atoms with Crippen LogP contribution in [-0.2, 0) is 33.2 Å². The molecule has 0 unspecified atom stereocenters. The van der Waals surface area contributed by atoms with Gasteiger partial charge < -0.3 is 33.2 Å². The van der Waals surface area contributed by atoms with E-state index in [1.54, 1.807) is 0 Å². The molecule has 0 aliphatic carbocycles. The Morgan fingerprint density at radius 3 is 1.19 bits per heavy atom. The van der Waals surface area contributed by atoms with Crippen LogP contribution in [-0.4, -0.2) is 91.0 Å². The number of hydrogen-bond donors (Lipinski definition) is 0. The Balaban J connectivity index is 0. The zero-order chi connectivity index (χ0) is 27.5. The van der Waals surface area contributed by atoms with Crippen LogP contribution in [0.5, 0.6) is 0 Å². The average molecular weight is 503 g/mol. The molecule has 0 radical (unpaired) electrons. The van der Waals surface area contributed by atoms with Gasteiger partial charge >= 0.3 is 0 Å². The maximum atomic E-state index is 5.70. The van der Waals surface area contributed by atoms with Crippen LogP contribution in [0.15, 0.2) is 0 Å². The fourth-order valence-corrected chi connectivity index (χ4v) is 2.58. The van der Waals surface area contributed by atoms with Crippen molar-refractivity contribution in [2.24, 2.45) is 5.41 Å². The lowest BCUT2D eigenvalue weighted by atomic mass is 9.92. The summed E-state index contributed by atoms with van der Waals surface area (Å²) in [6.07, 6.45) is 25.8. The van der Waals surface area contributed by atoms with Gasteiger partial charge in [-0.3, -0.25) is 0 Å². The maximum absolute atomic E-state index is 5.70. The molecular formula is C29H42O7. The lowest BCUT2D eigenvalue weighted by Crippen LogP contribution is -2.42. The van der Waals surface area contributed by atoms with E-state index in [4.69, 9.17) is 65.3 Å². The number of hydrogen-bond acceptors (Lipinski definition) is 7. The van der Waals surface area contributed by atoms with Gasteiger partial charge in [0.15, 0.2) is 0 Å². The number of rotatable bonds is 20. The minimum atomic E-state index is -0.491. The standard InChI is InChI=1S/C17H24O4.C12H18O3/c1-6-9-18-12-17(13-19-10-7-2,14-20-11-8-3)15-21-16(4)5;1-5-7-13-9-12(15-11(3)4)10-14-8-6-2/h1-3,16H,9-15H2,4-5H3;1-2,11-12H,7-10H2,3-4H3. The molecule has 200 valence electrons. The molecule has 0 atom stereocenters. The highest BCUT2D eigenvalue weighted by Crippen LogP contribution is 2.21. The second-order valence-corrected chi connectivity index (χ2v) is 8.20. The third kappa shape index (κ3) is 23.3. The molecule has 0 saturated heterocycles. The highest BCUT2D eigenvalue weighted by Gasteiger charge is 2.32. The number of ether oxygens (including phenoxy) is 7. The lowest BCUT2D eigenvalue weighted by molar-refractivity contribution is -0.106. The highest BCUT2D eigenvalue weighted by molar-refractivity contribution is 4.88. The second-order valence-electron chi connectivity index (χ2n) is 8.20. The molecule has 0 aromatic carbocycles. The fraction of sp³-hybridized carbons (Fsp3) is 0.655. The van der Waals surface area contributed by atoms with Crippen molar-refractivity contribution >= 4 is 0 Å². The smallest absolute Gasteiger partial charge is 0.107 e. The van der Waals surface area contributed by atoms with E-state index in [-0.39, 0.29) is 51.3 Å². The van der Waals surface area contributed by atoms with Gasteiger partial charge in [-0.2, -0.15) is 0 Å². The van der Waals surface area contributed by atoms with Gasteiger partial charge in [0.2, 0.25) is 0 Å². The van der Waals surface area contributed by atoms with Gasteiger partial charge in [-0.25, -0.2) is 0 Å². The van der Waals surface area contributed by atoms with E-state index in [1.807, 2.05) is 27.7 Å². The summed E-state index contributed by atoms with van der Waals surface area (Å²) in [5, 5.41) is 0. The predicted molar refractivity (Wildman–Crippen MR) is 142 cm³/mol. The lowest BCUT2D eigenvalue weighted by Gasteiger charge is -2.33. The van der Waals surface area contributed by atoms with E-state index in [9.17, 15) is 0 Å². The van der Waals surface area contributed by atoms with Crippen LogP contribution in [0.1, 0.15) is 27.7 Å². The van der Waals surface area contributed by atoms with Gasteiger partial charge in [-0.15, -0.1) is 32.1 Å². The third-order valence-electron chi connectivity index (χ3n) is 3.95. The quantitative estimate of drug-likeness (QED) is 0.187. The summed E-state index contributed by atoms with van der Waals surface area (Å²) in [5.74, 6) is 12.1. The van der Waals surface area contributed by atoms with Gasteiger partial charge in [-0.05, 0) is 27.7 Å². The van der Waals surface area contributed by atoms with Crippen LogP contribution < -0.4 is 0 Å². The Morgan fingerprint density at radius 2 is 0.889 bits per heavy atom. The molecule has 7 heteroatoms. The largest absolute Gasteiger partial charge is 0.378 e. The molecule has 0 bridgehead atoms. The van der Waals surface area contributed by atoms with E-state index >= 15 is 0 Å². The Hall–Kier alpha value is -2.48. The van der Waals surface area contributed by atoms with Crippen molar-refractivity contribution in [1.82, 2.24) is 0 Å². The molecule has 0 aromatic rings. The first-order valence-corrected chi connectivity index (χ1v) is 11.6. The van der Waals surface area contributed by atoms with Crippen molar-refractivity contribution in [3.8, 4) is 61.7 Å². The SMILES string of the molecule is C#CCOCC(COCC#C)(COCC#C)COC(C)C.C#CCOCC(COCC#C)OC(C)C. The van der Waals surface area contributed by atoms with Crippen molar-refractivity contribution in [2.45, 2.75) is 46.0 Å². The summed E-state index contributed by atoms with van der Waals surface area (Å²) in [4.78, 5) is 0. The molecule has 0 aliphatic heterocycles. The van der Waals surface area contributed by atoms with Gasteiger partial charge in [0.1, 0.15) is 39.1 Å². The highest BCUT2D eigenvalue weighted by atomic mass is 16.6. The van der Waals surface area contributed by atoms with E-state index in [0.717, 1.165) is 0 Å². The van der Waals surface area contributed by atoms with Gasteiger partial charge in [-0.1, -0.05) is 29.6 Å². The predicted octanol–water partition coefficient (Wildman–Crippen LogP) is 2.43. The van der Waals surface area contributed by atoms with Crippen molar-refractivity contribution in [2.75, 3.05) is 72.7 Å². The molecule has 7 nitrogen and oxygen atoms in total. The maximum Gasteiger partial charge on any atom is 0.107 e. The molecule has 0 spiro atoms. The van der Waals surface area contributed by atoms with Crippen molar-refractivity contribution in [3.63, 3.8) is 0 Å². The zero-order valence-electron chi connectivity index (χ0n) is 22.3. The third-order valence-corrected chi connectivity index (χ3v) is 3.95. The Kier molecular flexibility index (Phi) is 25.4. The summed E-state index contributed by atoms with van der Waals surface area (Å²) in [5.41, 5.74) is -0.491. The van der Waals surface area contributed by atoms with Crippen LogP contribution in [0.3, 0.4) is 0 Å². The van der Waals surface area contributed by atoms with Crippen LogP contribution in [0.25, 0.3) is 0 Å². The van der Waals surface area contributed by atoms with Crippen molar-refractivity contribution in [1.29, 1.82) is 0 Å². The first-order chi connectivity index (χ1) is 17.3. The summed E-state index contributed by atoms with van der Waals surface area (Å²) in [6.45, 7) is 11.3. The Morgan fingerprint density at radius 1 is 0.528 bits per heavy atom. The monoisotopic (exact) mass is 502 g/mol. The van der Waals surface area contributed by atoms with E-state index < -0.39 is 5.41 Å². The molecule has 0 N–H and O–H groups in total. The van der Waals surface area contributed by atoms with Crippen molar-refractivity contribution < 1.29 is 33.2 Å². The molecule has 0 fully saturated rings. The minimum Gasteiger partial charge on any atom is -0.378 e. The van der Waals surface area contributed by atoms with Crippen LogP contribution >= 0.6 is 0 Å². The minimum absolute atomic E-state index is 0.0808. The van der Waals surface area contributed by atoms with Gasteiger partial charge in [0.05, 0.1) is 57.3 Å². The molecule has 0 amide bonds. The molecular weight excluding hydrogens is 460 g/mol. The van der Waals surface area contributed by atoms with Crippen LogP contribution in [0.2, 0.25) is 0 Å². The summed E-state index contributed by atoms with van der Waals surface area (Å²) >= 11 is 0. The summed E-state index contributed by atoms with van der Waals surface area (Å²) in [6, 6.07) is 0. The molecule has 0 aliphatic rings. The van der Waals surface area contributed by atoms with E-state index in [1.165, 1.54) is 0 Å². The van der Waals surface area contributed by atoms with Crippen LogP contribution in [0.4, 0.5) is 0 Å².